The molecule has 7 heteroatoms. The van der Waals surface area contributed by atoms with Crippen molar-refractivity contribution in [1.82, 2.24) is 9.97 Å². The smallest absolute Gasteiger partial charge is 0.224 e. The van der Waals surface area contributed by atoms with Crippen molar-refractivity contribution in [2.24, 2.45) is 0 Å². The molecular formula is C14H7Cl3FN3. The van der Waals surface area contributed by atoms with Crippen LogP contribution in [-0.2, 0) is 0 Å². The third-order valence-electron chi connectivity index (χ3n) is 2.83. The Hall–Kier alpha value is -1.62. The van der Waals surface area contributed by atoms with Crippen LogP contribution >= 0.6 is 34.8 Å². The highest BCUT2D eigenvalue weighted by Crippen LogP contribution is 2.35. The quantitative estimate of drug-likeness (QED) is 0.627. The molecule has 3 aromatic rings. The number of hydrogen-bond donors (Lipinski definition) is 1. The number of halogens is 4. The second-order valence-electron chi connectivity index (χ2n) is 4.23. The molecule has 0 spiro atoms. The number of para-hydroxylation sites is 1. The predicted octanol–water partition coefficient (Wildman–Crippen LogP) is 5.47. The summed E-state index contributed by atoms with van der Waals surface area (Å²) in [6, 6.07) is 9.66. The van der Waals surface area contributed by atoms with Crippen LogP contribution in [0.15, 0.2) is 36.4 Å². The number of rotatable bonds is 2. The Balaban J connectivity index is 2.15. The first kappa shape index (κ1) is 14.3. The molecule has 0 bridgehead atoms. The third-order valence-corrected chi connectivity index (χ3v) is 3.59. The molecule has 0 amide bonds. The van der Waals surface area contributed by atoms with E-state index in [-0.39, 0.29) is 15.3 Å². The largest absolute Gasteiger partial charge is 0.337 e. The Labute approximate surface area is 134 Å². The van der Waals surface area contributed by atoms with Crippen molar-refractivity contribution in [1.29, 1.82) is 0 Å². The molecule has 21 heavy (non-hydrogen) atoms. The van der Waals surface area contributed by atoms with Crippen LogP contribution in [0.1, 0.15) is 0 Å². The molecule has 3 rings (SSSR count). The van der Waals surface area contributed by atoms with Gasteiger partial charge in [-0.25, -0.2) is 9.37 Å². The SMILES string of the molecule is Fc1cc(Cl)c(Nc2nc(Cl)nc3ccccc23)c(Cl)c1. The summed E-state index contributed by atoms with van der Waals surface area (Å²) in [5, 5.41) is 4.13. The van der Waals surface area contributed by atoms with Gasteiger partial charge in [-0.2, -0.15) is 4.98 Å². The monoisotopic (exact) mass is 341 g/mol. The summed E-state index contributed by atoms with van der Waals surface area (Å²) in [6.45, 7) is 0. The molecule has 1 aromatic heterocycles. The predicted molar refractivity (Wildman–Crippen MR) is 84.3 cm³/mol. The molecule has 0 atom stereocenters. The van der Waals surface area contributed by atoms with Gasteiger partial charge in [0.2, 0.25) is 5.28 Å². The number of nitrogens with zero attached hydrogens (tertiary/aromatic N) is 2. The first-order valence-corrected chi connectivity index (χ1v) is 7.02. The molecule has 0 fully saturated rings. The fourth-order valence-electron chi connectivity index (χ4n) is 1.92. The van der Waals surface area contributed by atoms with Crippen LogP contribution < -0.4 is 5.32 Å². The van der Waals surface area contributed by atoms with Gasteiger partial charge in [-0.05, 0) is 35.9 Å². The van der Waals surface area contributed by atoms with E-state index in [1.54, 1.807) is 0 Å². The second-order valence-corrected chi connectivity index (χ2v) is 5.38. The standard InChI is InChI=1S/C14H7Cl3FN3/c15-9-5-7(18)6-10(16)12(9)20-13-8-3-1-2-4-11(8)19-14(17)21-13/h1-6H,(H,19,20,21). The molecule has 3 nitrogen and oxygen atoms in total. The van der Waals surface area contributed by atoms with E-state index in [1.165, 1.54) is 12.1 Å². The topological polar surface area (TPSA) is 37.8 Å². The number of hydrogen-bond acceptors (Lipinski definition) is 3. The van der Waals surface area contributed by atoms with Crippen molar-refractivity contribution < 1.29 is 4.39 Å². The van der Waals surface area contributed by atoms with Crippen molar-refractivity contribution in [2.45, 2.75) is 0 Å². The van der Waals surface area contributed by atoms with Crippen molar-refractivity contribution in [3.63, 3.8) is 0 Å². The van der Waals surface area contributed by atoms with Crippen LogP contribution in [0.3, 0.4) is 0 Å². The molecule has 0 saturated heterocycles. The Morgan fingerprint density at radius 1 is 0.952 bits per heavy atom. The fourth-order valence-corrected chi connectivity index (χ4v) is 2.65. The minimum absolute atomic E-state index is 0.0885. The zero-order valence-electron chi connectivity index (χ0n) is 10.4. The van der Waals surface area contributed by atoms with Crippen molar-refractivity contribution in [3.05, 3.63) is 57.5 Å². The van der Waals surface area contributed by atoms with Crippen LogP contribution in [0, 0.1) is 5.82 Å². The minimum atomic E-state index is -0.513. The number of aromatic nitrogens is 2. The molecule has 0 saturated carbocycles. The van der Waals surface area contributed by atoms with E-state index in [1.807, 2.05) is 24.3 Å². The van der Waals surface area contributed by atoms with E-state index in [2.05, 4.69) is 15.3 Å². The van der Waals surface area contributed by atoms with Gasteiger partial charge >= 0.3 is 0 Å². The Morgan fingerprint density at radius 2 is 1.62 bits per heavy atom. The fraction of sp³-hybridized carbons (Fsp3) is 0. The highest BCUT2D eigenvalue weighted by atomic mass is 35.5. The van der Waals surface area contributed by atoms with Gasteiger partial charge in [0.1, 0.15) is 11.6 Å². The lowest BCUT2D eigenvalue weighted by Gasteiger charge is -2.12. The van der Waals surface area contributed by atoms with Crippen molar-refractivity contribution >= 4 is 57.2 Å². The maximum atomic E-state index is 13.2. The maximum absolute atomic E-state index is 13.2. The Bertz CT molecular complexity index is 816. The van der Waals surface area contributed by atoms with Gasteiger partial charge in [0.05, 0.1) is 21.2 Å². The average Bonchev–Trinajstić information content (AvgIpc) is 2.42. The summed E-state index contributed by atoms with van der Waals surface area (Å²) < 4.78 is 13.2. The summed E-state index contributed by atoms with van der Waals surface area (Å²) in [4.78, 5) is 8.26. The first-order chi connectivity index (χ1) is 10.0. The van der Waals surface area contributed by atoms with E-state index in [9.17, 15) is 4.39 Å². The lowest BCUT2D eigenvalue weighted by Crippen LogP contribution is -1.99. The summed E-state index contributed by atoms with van der Waals surface area (Å²) in [5.41, 5.74) is 1.04. The van der Waals surface area contributed by atoms with Crippen molar-refractivity contribution in [3.8, 4) is 0 Å². The highest BCUT2D eigenvalue weighted by Gasteiger charge is 2.12. The molecule has 106 valence electrons. The Kier molecular flexibility index (Phi) is 3.85. The van der Waals surface area contributed by atoms with E-state index in [4.69, 9.17) is 34.8 Å². The lowest BCUT2D eigenvalue weighted by atomic mass is 10.2. The van der Waals surface area contributed by atoms with Crippen LogP contribution in [0.2, 0.25) is 15.3 Å². The van der Waals surface area contributed by atoms with Gasteiger partial charge in [0, 0.05) is 5.39 Å². The zero-order chi connectivity index (χ0) is 15.0. The first-order valence-electron chi connectivity index (χ1n) is 5.88. The van der Waals surface area contributed by atoms with E-state index in [0.29, 0.717) is 17.0 Å². The normalized spacial score (nSPS) is 10.9. The lowest BCUT2D eigenvalue weighted by molar-refractivity contribution is 0.628. The zero-order valence-corrected chi connectivity index (χ0v) is 12.6. The molecular weight excluding hydrogens is 336 g/mol. The van der Waals surface area contributed by atoms with Crippen molar-refractivity contribution in [2.75, 3.05) is 5.32 Å². The van der Waals surface area contributed by atoms with Gasteiger partial charge in [-0.3, -0.25) is 0 Å². The molecule has 2 aromatic carbocycles. The van der Waals surface area contributed by atoms with Gasteiger partial charge < -0.3 is 5.32 Å². The van der Waals surface area contributed by atoms with E-state index < -0.39 is 5.82 Å². The van der Waals surface area contributed by atoms with Gasteiger partial charge in [-0.1, -0.05) is 35.3 Å². The number of fused-ring (bicyclic) bond motifs is 1. The molecule has 0 aliphatic carbocycles. The maximum Gasteiger partial charge on any atom is 0.224 e. The summed E-state index contributed by atoms with van der Waals surface area (Å²) in [7, 11) is 0. The molecule has 0 unspecified atom stereocenters. The van der Waals surface area contributed by atoms with Crippen LogP contribution in [0.5, 0.6) is 0 Å². The van der Waals surface area contributed by atoms with E-state index >= 15 is 0 Å². The molecule has 0 aliphatic heterocycles. The summed E-state index contributed by atoms with van der Waals surface area (Å²) >= 11 is 17.9. The van der Waals surface area contributed by atoms with Gasteiger partial charge in [0.25, 0.3) is 0 Å². The average molecular weight is 343 g/mol. The summed E-state index contributed by atoms with van der Waals surface area (Å²) in [5.74, 6) is -0.0675. The molecule has 1 N–H and O–H groups in total. The van der Waals surface area contributed by atoms with E-state index in [0.717, 1.165) is 5.39 Å². The van der Waals surface area contributed by atoms with Gasteiger partial charge in [0.15, 0.2) is 0 Å². The molecule has 1 heterocycles. The van der Waals surface area contributed by atoms with Crippen LogP contribution in [-0.4, -0.2) is 9.97 Å². The van der Waals surface area contributed by atoms with Crippen LogP contribution in [0.4, 0.5) is 15.9 Å². The molecule has 0 radical (unpaired) electrons. The number of nitrogens with one attached hydrogen (secondary N) is 1. The Morgan fingerprint density at radius 3 is 2.33 bits per heavy atom. The third kappa shape index (κ3) is 2.88. The van der Waals surface area contributed by atoms with Gasteiger partial charge in [-0.15, -0.1) is 0 Å². The second kappa shape index (κ2) is 5.64. The molecule has 0 aliphatic rings. The minimum Gasteiger partial charge on any atom is -0.337 e. The highest BCUT2D eigenvalue weighted by molar-refractivity contribution is 6.39. The number of benzene rings is 2. The summed E-state index contributed by atoms with van der Waals surface area (Å²) in [6.07, 6.45) is 0. The van der Waals surface area contributed by atoms with Crippen LogP contribution in [0.25, 0.3) is 10.9 Å². The number of anilines is 2.